The largest absolute Gasteiger partial charge is 0.496 e. The van der Waals surface area contributed by atoms with Crippen molar-refractivity contribution in [3.05, 3.63) is 59.7 Å². The maximum Gasteiger partial charge on any atom is 0.227 e. The highest BCUT2D eigenvalue weighted by Gasteiger charge is 2.42. The van der Waals surface area contributed by atoms with Gasteiger partial charge in [-0.2, -0.15) is 0 Å². The molecular formula is C24H28N2O3. The normalized spacial score (nSPS) is 21.7. The minimum Gasteiger partial charge on any atom is -0.496 e. The Morgan fingerprint density at radius 1 is 1.10 bits per heavy atom. The Kier molecular flexibility index (Phi) is 5.56. The number of hydrogen-bond acceptors (Lipinski definition) is 3. The van der Waals surface area contributed by atoms with Gasteiger partial charge in [0.1, 0.15) is 5.75 Å². The smallest absolute Gasteiger partial charge is 0.227 e. The molecule has 0 aromatic heterocycles. The third kappa shape index (κ3) is 4.14. The van der Waals surface area contributed by atoms with Crippen LogP contribution in [-0.2, 0) is 9.59 Å². The fourth-order valence-electron chi connectivity index (χ4n) is 4.14. The highest BCUT2D eigenvalue weighted by molar-refractivity contribution is 5.97. The van der Waals surface area contributed by atoms with Crippen LogP contribution in [0.15, 0.2) is 48.5 Å². The summed E-state index contributed by atoms with van der Waals surface area (Å²) in [6.45, 7) is 2.75. The van der Waals surface area contributed by atoms with Gasteiger partial charge in [-0.3, -0.25) is 9.59 Å². The van der Waals surface area contributed by atoms with E-state index >= 15 is 0 Å². The van der Waals surface area contributed by atoms with Crippen molar-refractivity contribution in [3.63, 3.8) is 0 Å². The standard InChI is InChI=1S/C24H28N2O3/c1-16-7-11-18(12-8-16)26-22(27)14-13-20(24(28)25-15-17-9-10-17)23(26)19-5-3-4-6-21(19)29-2/h3-8,11-12,17,20,23H,9-10,13-15H2,1-2H3,(H,25,28). The van der Waals surface area contributed by atoms with Crippen LogP contribution < -0.4 is 15.0 Å². The molecule has 5 nitrogen and oxygen atoms in total. The molecule has 1 aliphatic carbocycles. The topological polar surface area (TPSA) is 58.6 Å². The summed E-state index contributed by atoms with van der Waals surface area (Å²) in [5.41, 5.74) is 2.82. The second kappa shape index (κ2) is 8.27. The van der Waals surface area contributed by atoms with E-state index in [1.165, 1.54) is 12.8 Å². The maximum atomic E-state index is 13.2. The first kappa shape index (κ1) is 19.5. The highest BCUT2D eigenvalue weighted by atomic mass is 16.5. The number of carbonyl (C=O) groups is 2. The predicted molar refractivity (Wildman–Crippen MR) is 113 cm³/mol. The van der Waals surface area contributed by atoms with Gasteiger partial charge in [-0.15, -0.1) is 0 Å². The number of nitrogens with one attached hydrogen (secondary N) is 1. The van der Waals surface area contributed by atoms with Crippen LogP contribution in [0.25, 0.3) is 0 Å². The summed E-state index contributed by atoms with van der Waals surface area (Å²) in [5.74, 6) is 1.06. The summed E-state index contributed by atoms with van der Waals surface area (Å²) in [7, 11) is 1.63. The van der Waals surface area contributed by atoms with Gasteiger partial charge in [-0.05, 0) is 50.3 Å². The van der Waals surface area contributed by atoms with E-state index in [9.17, 15) is 9.59 Å². The van der Waals surface area contributed by atoms with Gasteiger partial charge in [-0.1, -0.05) is 35.9 Å². The lowest BCUT2D eigenvalue weighted by atomic mass is 9.82. The van der Waals surface area contributed by atoms with Crippen molar-refractivity contribution in [2.75, 3.05) is 18.6 Å². The number of amides is 2. The summed E-state index contributed by atoms with van der Waals surface area (Å²) in [6.07, 6.45) is 3.28. The Bertz CT molecular complexity index is 889. The molecule has 2 fully saturated rings. The number of aryl methyl sites for hydroxylation is 1. The second-order valence-corrected chi connectivity index (χ2v) is 8.12. The number of para-hydroxylation sites is 1. The molecule has 2 aromatic rings. The number of nitrogens with zero attached hydrogens (tertiary/aromatic N) is 1. The Balaban J connectivity index is 1.74. The number of rotatable bonds is 6. The number of piperidine rings is 1. The lowest BCUT2D eigenvalue weighted by Gasteiger charge is -2.41. The first-order valence-corrected chi connectivity index (χ1v) is 10.4. The van der Waals surface area contributed by atoms with Crippen LogP contribution in [0.3, 0.4) is 0 Å². The quantitative estimate of drug-likeness (QED) is 0.808. The van der Waals surface area contributed by atoms with Gasteiger partial charge in [0.05, 0.1) is 19.1 Å². The lowest BCUT2D eigenvalue weighted by molar-refractivity contribution is -0.129. The van der Waals surface area contributed by atoms with E-state index in [4.69, 9.17) is 4.74 Å². The van der Waals surface area contributed by atoms with E-state index < -0.39 is 6.04 Å². The van der Waals surface area contributed by atoms with Crippen LogP contribution in [0.1, 0.15) is 42.9 Å². The van der Waals surface area contributed by atoms with E-state index in [1.54, 1.807) is 12.0 Å². The Morgan fingerprint density at radius 2 is 1.83 bits per heavy atom. The average Bonchev–Trinajstić information content (AvgIpc) is 3.57. The van der Waals surface area contributed by atoms with Crippen LogP contribution in [-0.4, -0.2) is 25.5 Å². The van der Waals surface area contributed by atoms with Crippen molar-refractivity contribution >= 4 is 17.5 Å². The van der Waals surface area contributed by atoms with Crippen LogP contribution in [0.2, 0.25) is 0 Å². The number of benzene rings is 2. The zero-order chi connectivity index (χ0) is 20.4. The fourth-order valence-corrected chi connectivity index (χ4v) is 4.14. The molecule has 0 spiro atoms. The molecule has 1 N–H and O–H groups in total. The SMILES string of the molecule is COc1ccccc1C1C(C(=O)NCC2CC2)CCC(=O)N1c1ccc(C)cc1. The monoisotopic (exact) mass is 392 g/mol. The molecule has 1 saturated heterocycles. The first-order valence-electron chi connectivity index (χ1n) is 10.4. The summed E-state index contributed by atoms with van der Waals surface area (Å²) in [6, 6.07) is 15.2. The van der Waals surface area contributed by atoms with Crippen molar-refractivity contribution < 1.29 is 14.3 Å². The lowest BCUT2D eigenvalue weighted by Crippen LogP contribution is -2.48. The van der Waals surface area contributed by atoms with Gasteiger partial charge >= 0.3 is 0 Å². The van der Waals surface area contributed by atoms with Crippen LogP contribution >= 0.6 is 0 Å². The zero-order valence-corrected chi connectivity index (χ0v) is 17.1. The van der Waals surface area contributed by atoms with Crippen molar-refractivity contribution in [1.82, 2.24) is 5.32 Å². The predicted octanol–water partition coefficient (Wildman–Crippen LogP) is 4.01. The molecule has 2 atom stereocenters. The molecule has 2 unspecified atom stereocenters. The molecule has 152 valence electrons. The van der Waals surface area contributed by atoms with Crippen LogP contribution in [0.4, 0.5) is 5.69 Å². The molecule has 1 aliphatic heterocycles. The third-order valence-corrected chi connectivity index (χ3v) is 5.97. The number of hydrogen-bond donors (Lipinski definition) is 1. The van der Waals surface area contributed by atoms with Crippen LogP contribution in [0.5, 0.6) is 5.75 Å². The number of anilines is 1. The van der Waals surface area contributed by atoms with E-state index in [0.29, 0.717) is 24.5 Å². The van der Waals surface area contributed by atoms with Gasteiger partial charge in [0.15, 0.2) is 0 Å². The maximum absolute atomic E-state index is 13.2. The molecule has 5 heteroatoms. The number of carbonyl (C=O) groups excluding carboxylic acids is 2. The Labute approximate surface area is 172 Å². The molecule has 0 radical (unpaired) electrons. The third-order valence-electron chi connectivity index (χ3n) is 5.97. The second-order valence-electron chi connectivity index (χ2n) is 8.12. The van der Waals surface area contributed by atoms with Crippen molar-refractivity contribution in [2.24, 2.45) is 11.8 Å². The molecule has 29 heavy (non-hydrogen) atoms. The summed E-state index contributed by atoms with van der Waals surface area (Å²) in [5, 5.41) is 3.13. The van der Waals surface area contributed by atoms with Gasteiger partial charge in [0.2, 0.25) is 11.8 Å². The first-order chi connectivity index (χ1) is 14.1. The zero-order valence-electron chi connectivity index (χ0n) is 17.1. The molecule has 0 bridgehead atoms. The molecule has 2 aliphatic rings. The minimum atomic E-state index is -0.394. The van der Waals surface area contributed by atoms with E-state index in [2.05, 4.69) is 5.32 Å². The van der Waals surface area contributed by atoms with Crippen molar-refractivity contribution in [3.8, 4) is 5.75 Å². The molecule has 1 heterocycles. The molecule has 4 rings (SSSR count). The summed E-state index contributed by atoms with van der Waals surface area (Å²) >= 11 is 0. The number of ether oxygens (including phenoxy) is 1. The summed E-state index contributed by atoms with van der Waals surface area (Å²) in [4.78, 5) is 28.0. The molecule has 2 aromatic carbocycles. The van der Waals surface area contributed by atoms with Crippen LogP contribution in [0, 0.1) is 18.8 Å². The number of methoxy groups -OCH3 is 1. The Hall–Kier alpha value is -2.82. The van der Waals surface area contributed by atoms with Gasteiger partial charge in [-0.25, -0.2) is 0 Å². The van der Waals surface area contributed by atoms with Crippen molar-refractivity contribution in [2.45, 2.75) is 38.6 Å². The van der Waals surface area contributed by atoms with Gasteiger partial charge in [0, 0.05) is 24.2 Å². The van der Waals surface area contributed by atoms with Crippen molar-refractivity contribution in [1.29, 1.82) is 0 Å². The molecule has 1 saturated carbocycles. The fraction of sp³-hybridized carbons (Fsp3) is 0.417. The van der Waals surface area contributed by atoms with E-state index in [-0.39, 0.29) is 17.7 Å². The Morgan fingerprint density at radius 3 is 2.52 bits per heavy atom. The average molecular weight is 392 g/mol. The van der Waals surface area contributed by atoms with Gasteiger partial charge < -0.3 is 15.0 Å². The minimum absolute atomic E-state index is 0.0254. The molecule has 2 amide bonds. The van der Waals surface area contributed by atoms with E-state index in [0.717, 1.165) is 23.4 Å². The van der Waals surface area contributed by atoms with Gasteiger partial charge in [0.25, 0.3) is 0 Å². The van der Waals surface area contributed by atoms with E-state index in [1.807, 2.05) is 55.5 Å². The summed E-state index contributed by atoms with van der Waals surface area (Å²) < 4.78 is 5.60. The highest BCUT2D eigenvalue weighted by Crippen LogP contribution is 2.43. The molecular weight excluding hydrogens is 364 g/mol.